The summed E-state index contributed by atoms with van der Waals surface area (Å²) in [4.78, 5) is 0. The molecule has 0 saturated carbocycles. The first-order valence-electron chi connectivity index (χ1n) is 4.63. The average molecular weight is 166 g/mol. The van der Waals surface area contributed by atoms with Gasteiger partial charge in [-0.2, -0.15) is 0 Å². The van der Waals surface area contributed by atoms with Gasteiger partial charge in [-0.25, -0.2) is 0 Å². The Morgan fingerprint density at radius 2 is 2.33 bits per heavy atom. The van der Waals surface area contributed by atoms with Gasteiger partial charge in [0.1, 0.15) is 0 Å². The second kappa shape index (κ2) is 3.90. The molecule has 0 unspecified atom stereocenters. The van der Waals surface area contributed by atoms with Crippen molar-refractivity contribution >= 4 is 0 Å². The maximum absolute atomic E-state index is 5.68. The molecule has 0 saturated heterocycles. The lowest BCUT2D eigenvalue weighted by molar-refractivity contribution is 0.144. The van der Waals surface area contributed by atoms with E-state index in [-0.39, 0.29) is 6.10 Å². The summed E-state index contributed by atoms with van der Waals surface area (Å²) in [5.74, 6) is 0. The second-order valence-corrected chi connectivity index (χ2v) is 3.36. The first kappa shape index (κ1) is 9.53. The summed E-state index contributed by atoms with van der Waals surface area (Å²) in [5.41, 5.74) is 4.23. The summed E-state index contributed by atoms with van der Waals surface area (Å²) < 4.78 is 5.68. The normalized spacial score (nSPS) is 25.3. The molecule has 1 rings (SSSR count). The first-order valence-corrected chi connectivity index (χ1v) is 4.63. The number of ether oxygens (including phenoxy) is 1. The molecule has 0 fully saturated rings. The third kappa shape index (κ3) is 1.61. The lowest BCUT2D eigenvalue weighted by Crippen LogP contribution is -2.09. The maximum Gasteiger partial charge on any atom is 0.0998 e. The quantitative estimate of drug-likeness (QED) is 0.573. The average Bonchev–Trinajstić information content (AvgIpc) is 2.45. The molecular weight excluding hydrogens is 148 g/mol. The summed E-state index contributed by atoms with van der Waals surface area (Å²) in [6, 6.07) is 0. The molecule has 1 heteroatoms. The zero-order chi connectivity index (χ0) is 9.14. The van der Waals surface area contributed by atoms with Crippen LogP contribution in [-0.4, -0.2) is 12.7 Å². The van der Waals surface area contributed by atoms with Gasteiger partial charge in [0.15, 0.2) is 0 Å². The van der Waals surface area contributed by atoms with E-state index < -0.39 is 0 Å². The third-order valence-electron chi connectivity index (χ3n) is 2.67. The summed E-state index contributed by atoms with van der Waals surface area (Å²) in [5, 5.41) is 0. The molecule has 0 aromatic rings. The van der Waals surface area contributed by atoms with Crippen molar-refractivity contribution in [3.63, 3.8) is 0 Å². The Hall–Kier alpha value is -0.560. The summed E-state index contributed by atoms with van der Waals surface area (Å²) in [7, 11) is 0. The van der Waals surface area contributed by atoms with Crippen molar-refractivity contribution in [3.8, 4) is 0 Å². The fourth-order valence-electron chi connectivity index (χ4n) is 1.61. The lowest BCUT2D eigenvalue weighted by atomic mass is 10.0. The van der Waals surface area contributed by atoms with Gasteiger partial charge in [0.2, 0.25) is 0 Å². The van der Waals surface area contributed by atoms with E-state index in [1.165, 1.54) is 16.7 Å². The van der Waals surface area contributed by atoms with E-state index in [4.69, 9.17) is 4.74 Å². The number of hydrogen-bond donors (Lipinski definition) is 0. The largest absolute Gasteiger partial charge is 0.365 e. The molecule has 0 bridgehead atoms. The van der Waals surface area contributed by atoms with E-state index in [1.54, 1.807) is 0 Å². The van der Waals surface area contributed by atoms with Gasteiger partial charge < -0.3 is 4.74 Å². The van der Waals surface area contributed by atoms with Gasteiger partial charge in [-0.1, -0.05) is 13.0 Å². The summed E-state index contributed by atoms with van der Waals surface area (Å²) in [6.45, 7) is 9.40. The molecule has 0 amide bonds. The Kier molecular flexibility index (Phi) is 3.10. The fourth-order valence-corrected chi connectivity index (χ4v) is 1.61. The van der Waals surface area contributed by atoms with E-state index >= 15 is 0 Å². The molecular formula is C11H18O. The van der Waals surface area contributed by atoms with Gasteiger partial charge in [0.25, 0.3) is 0 Å². The second-order valence-electron chi connectivity index (χ2n) is 3.36. The van der Waals surface area contributed by atoms with Crippen molar-refractivity contribution in [1.82, 2.24) is 0 Å². The number of allylic oxidation sites excluding steroid dienone is 1. The molecule has 0 N–H and O–H groups in total. The van der Waals surface area contributed by atoms with Crippen molar-refractivity contribution in [2.24, 2.45) is 0 Å². The van der Waals surface area contributed by atoms with Crippen molar-refractivity contribution in [3.05, 3.63) is 22.8 Å². The number of rotatable bonds is 2. The van der Waals surface area contributed by atoms with Crippen LogP contribution >= 0.6 is 0 Å². The minimum absolute atomic E-state index is 0.268. The van der Waals surface area contributed by atoms with Gasteiger partial charge in [0.05, 0.1) is 12.7 Å². The first-order chi connectivity index (χ1) is 5.70. The van der Waals surface area contributed by atoms with Crippen LogP contribution in [0.3, 0.4) is 0 Å². The molecule has 1 aliphatic rings. The van der Waals surface area contributed by atoms with Crippen LogP contribution in [0.25, 0.3) is 0 Å². The Labute approximate surface area is 75.1 Å². The summed E-state index contributed by atoms with van der Waals surface area (Å²) in [6.07, 6.45) is 3.52. The van der Waals surface area contributed by atoms with Gasteiger partial charge in [-0.3, -0.25) is 0 Å². The van der Waals surface area contributed by atoms with Crippen LogP contribution in [-0.2, 0) is 4.74 Å². The highest BCUT2D eigenvalue weighted by molar-refractivity contribution is 5.29. The van der Waals surface area contributed by atoms with Crippen LogP contribution in [0.5, 0.6) is 0 Å². The Bertz CT molecular complexity index is 223. The van der Waals surface area contributed by atoms with E-state index in [2.05, 4.69) is 33.8 Å². The SMILES string of the molecule is C/C=C(\C)[C@@H]1OCC(CC)=C1C. The maximum atomic E-state index is 5.68. The molecule has 1 atom stereocenters. The minimum atomic E-state index is 0.268. The van der Waals surface area contributed by atoms with Gasteiger partial charge in [0, 0.05) is 0 Å². The molecule has 68 valence electrons. The van der Waals surface area contributed by atoms with Gasteiger partial charge in [-0.05, 0) is 43.9 Å². The van der Waals surface area contributed by atoms with Crippen molar-refractivity contribution in [1.29, 1.82) is 0 Å². The van der Waals surface area contributed by atoms with E-state index in [0.29, 0.717) is 0 Å². The standard InChI is InChI=1S/C11H18O/c1-5-8(3)11-9(4)10(6-2)7-12-11/h5,11H,6-7H2,1-4H3/b8-5+/t11-/m0/s1. The van der Waals surface area contributed by atoms with Crippen LogP contribution in [0, 0.1) is 0 Å². The third-order valence-corrected chi connectivity index (χ3v) is 2.67. The Balaban J connectivity index is 2.79. The predicted molar refractivity (Wildman–Crippen MR) is 52.2 cm³/mol. The van der Waals surface area contributed by atoms with Crippen LogP contribution in [0.1, 0.15) is 34.1 Å². The van der Waals surface area contributed by atoms with Crippen molar-refractivity contribution in [2.75, 3.05) is 6.61 Å². The zero-order valence-electron chi connectivity index (χ0n) is 8.48. The molecule has 0 aromatic heterocycles. The monoisotopic (exact) mass is 166 g/mol. The molecule has 1 aliphatic heterocycles. The number of hydrogen-bond acceptors (Lipinski definition) is 1. The van der Waals surface area contributed by atoms with Crippen LogP contribution < -0.4 is 0 Å². The molecule has 0 aliphatic carbocycles. The van der Waals surface area contributed by atoms with E-state index in [0.717, 1.165) is 13.0 Å². The van der Waals surface area contributed by atoms with Gasteiger partial charge >= 0.3 is 0 Å². The fraction of sp³-hybridized carbons (Fsp3) is 0.636. The summed E-state index contributed by atoms with van der Waals surface area (Å²) >= 11 is 0. The highest BCUT2D eigenvalue weighted by Crippen LogP contribution is 2.27. The molecule has 0 aromatic carbocycles. The Morgan fingerprint density at radius 3 is 2.75 bits per heavy atom. The van der Waals surface area contributed by atoms with Crippen molar-refractivity contribution in [2.45, 2.75) is 40.2 Å². The lowest BCUT2D eigenvalue weighted by Gasteiger charge is -2.11. The minimum Gasteiger partial charge on any atom is -0.365 e. The van der Waals surface area contributed by atoms with Crippen LogP contribution in [0.4, 0.5) is 0 Å². The topological polar surface area (TPSA) is 9.23 Å². The smallest absolute Gasteiger partial charge is 0.0998 e. The van der Waals surface area contributed by atoms with E-state index in [1.807, 2.05) is 0 Å². The molecule has 1 nitrogen and oxygen atoms in total. The molecule has 0 radical (unpaired) electrons. The van der Waals surface area contributed by atoms with Crippen molar-refractivity contribution < 1.29 is 4.74 Å². The van der Waals surface area contributed by atoms with Crippen LogP contribution in [0.2, 0.25) is 0 Å². The van der Waals surface area contributed by atoms with Gasteiger partial charge in [-0.15, -0.1) is 0 Å². The predicted octanol–water partition coefficient (Wildman–Crippen LogP) is 3.08. The molecule has 0 spiro atoms. The molecule has 1 heterocycles. The Morgan fingerprint density at radius 1 is 1.67 bits per heavy atom. The zero-order valence-corrected chi connectivity index (χ0v) is 8.48. The van der Waals surface area contributed by atoms with Crippen LogP contribution in [0.15, 0.2) is 22.8 Å². The molecule has 12 heavy (non-hydrogen) atoms. The highest BCUT2D eigenvalue weighted by Gasteiger charge is 2.22. The highest BCUT2D eigenvalue weighted by atomic mass is 16.5. The van der Waals surface area contributed by atoms with E-state index in [9.17, 15) is 0 Å².